The molecule has 0 saturated heterocycles. The minimum absolute atomic E-state index is 0.0905. The SMILES string of the molecule is CCOC(=O)c1coc(Nc2c(F)cc(Br)cc2F)n1. The second-order valence-corrected chi connectivity index (χ2v) is 4.54. The summed E-state index contributed by atoms with van der Waals surface area (Å²) in [6, 6.07) is 1.95. The molecular weight excluding hydrogens is 338 g/mol. The Bertz CT molecular complexity index is 622. The summed E-state index contributed by atoms with van der Waals surface area (Å²) < 4.78 is 37.1. The number of carbonyl (C=O) groups is 1. The Balaban J connectivity index is 2.21. The fraction of sp³-hybridized carbons (Fsp3) is 0.167. The van der Waals surface area contributed by atoms with Crippen molar-refractivity contribution in [2.45, 2.75) is 6.92 Å². The van der Waals surface area contributed by atoms with Gasteiger partial charge in [-0.25, -0.2) is 13.6 Å². The van der Waals surface area contributed by atoms with E-state index in [1.54, 1.807) is 6.92 Å². The largest absolute Gasteiger partial charge is 0.461 e. The van der Waals surface area contributed by atoms with Gasteiger partial charge in [-0.3, -0.25) is 0 Å². The number of esters is 1. The molecule has 0 fully saturated rings. The van der Waals surface area contributed by atoms with Crippen LogP contribution in [0.5, 0.6) is 0 Å². The summed E-state index contributed by atoms with van der Waals surface area (Å²) >= 11 is 2.96. The molecule has 8 heteroatoms. The van der Waals surface area contributed by atoms with Gasteiger partial charge in [-0.1, -0.05) is 15.9 Å². The third-order valence-corrected chi connectivity index (χ3v) is 2.69. The van der Waals surface area contributed by atoms with Gasteiger partial charge in [-0.15, -0.1) is 0 Å². The minimum atomic E-state index is -0.826. The Kier molecular flexibility index (Phi) is 4.33. The molecule has 0 radical (unpaired) electrons. The maximum Gasteiger partial charge on any atom is 0.360 e. The molecule has 0 bridgehead atoms. The molecule has 0 aliphatic carbocycles. The molecule has 0 saturated carbocycles. The number of aromatic nitrogens is 1. The zero-order valence-electron chi connectivity index (χ0n) is 10.2. The number of nitrogens with zero attached hydrogens (tertiary/aromatic N) is 1. The molecule has 0 spiro atoms. The van der Waals surface area contributed by atoms with Crippen LogP contribution in [0.2, 0.25) is 0 Å². The molecule has 1 aromatic heterocycles. The molecule has 1 N–H and O–H groups in total. The zero-order valence-corrected chi connectivity index (χ0v) is 11.8. The van der Waals surface area contributed by atoms with Crippen LogP contribution in [0.3, 0.4) is 0 Å². The van der Waals surface area contributed by atoms with E-state index in [1.165, 1.54) is 0 Å². The average Bonchev–Trinajstić information content (AvgIpc) is 2.82. The molecule has 0 aliphatic rings. The zero-order chi connectivity index (χ0) is 14.7. The second kappa shape index (κ2) is 6.00. The molecule has 0 amide bonds. The third kappa shape index (κ3) is 3.13. The van der Waals surface area contributed by atoms with E-state index in [2.05, 4.69) is 26.2 Å². The Labute approximate surface area is 121 Å². The summed E-state index contributed by atoms with van der Waals surface area (Å²) in [4.78, 5) is 15.1. The second-order valence-electron chi connectivity index (χ2n) is 3.63. The Morgan fingerprint density at radius 3 is 2.70 bits per heavy atom. The summed E-state index contributed by atoms with van der Waals surface area (Å²) in [7, 11) is 0. The topological polar surface area (TPSA) is 64.4 Å². The highest BCUT2D eigenvalue weighted by atomic mass is 79.9. The Hall–Kier alpha value is -1.96. The number of benzene rings is 1. The molecule has 0 unspecified atom stereocenters. The van der Waals surface area contributed by atoms with Gasteiger partial charge in [0.2, 0.25) is 0 Å². The van der Waals surface area contributed by atoms with E-state index < -0.39 is 23.3 Å². The summed E-state index contributed by atoms with van der Waals surface area (Å²) in [5.41, 5.74) is -0.516. The first-order chi connectivity index (χ1) is 9.51. The number of hydrogen-bond acceptors (Lipinski definition) is 5. The Morgan fingerprint density at radius 1 is 1.45 bits per heavy atom. The van der Waals surface area contributed by atoms with E-state index >= 15 is 0 Å². The normalized spacial score (nSPS) is 10.4. The molecule has 2 rings (SSSR count). The molecule has 20 heavy (non-hydrogen) atoms. The van der Waals surface area contributed by atoms with Crippen molar-refractivity contribution in [2.75, 3.05) is 11.9 Å². The van der Waals surface area contributed by atoms with Gasteiger partial charge in [-0.05, 0) is 19.1 Å². The lowest BCUT2D eigenvalue weighted by molar-refractivity contribution is 0.0519. The van der Waals surface area contributed by atoms with Gasteiger partial charge in [0, 0.05) is 4.47 Å². The van der Waals surface area contributed by atoms with Gasteiger partial charge < -0.3 is 14.5 Å². The van der Waals surface area contributed by atoms with Crippen LogP contribution >= 0.6 is 15.9 Å². The van der Waals surface area contributed by atoms with Gasteiger partial charge in [0.15, 0.2) is 17.3 Å². The van der Waals surface area contributed by atoms with Crippen LogP contribution in [-0.2, 0) is 4.74 Å². The predicted molar refractivity (Wildman–Crippen MR) is 69.8 cm³/mol. The van der Waals surface area contributed by atoms with Crippen molar-refractivity contribution >= 4 is 33.6 Å². The van der Waals surface area contributed by atoms with Crippen LogP contribution in [0.15, 0.2) is 27.3 Å². The number of hydrogen-bond donors (Lipinski definition) is 1. The quantitative estimate of drug-likeness (QED) is 0.856. The number of halogens is 3. The maximum atomic E-state index is 13.6. The fourth-order valence-electron chi connectivity index (χ4n) is 1.40. The van der Waals surface area contributed by atoms with E-state index in [4.69, 9.17) is 9.15 Å². The summed E-state index contributed by atoms with van der Waals surface area (Å²) in [6.45, 7) is 1.83. The lowest BCUT2D eigenvalue weighted by Crippen LogP contribution is -2.05. The average molecular weight is 347 g/mol. The Morgan fingerprint density at radius 2 is 2.10 bits per heavy atom. The molecule has 5 nitrogen and oxygen atoms in total. The van der Waals surface area contributed by atoms with Crippen molar-refractivity contribution in [2.24, 2.45) is 0 Å². The highest BCUT2D eigenvalue weighted by Gasteiger charge is 2.16. The van der Waals surface area contributed by atoms with E-state index in [0.29, 0.717) is 0 Å². The first-order valence-electron chi connectivity index (χ1n) is 5.55. The summed E-state index contributed by atoms with van der Waals surface area (Å²) in [5, 5.41) is 2.33. The standard InChI is InChI=1S/C12H9BrF2N2O3/c1-2-19-11(18)9-5-20-12(16-9)17-10-7(14)3-6(13)4-8(10)15/h3-5H,2H2,1H3,(H,16,17). The highest BCUT2D eigenvalue weighted by molar-refractivity contribution is 9.10. The highest BCUT2D eigenvalue weighted by Crippen LogP contribution is 2.26. The number of anilines is 2. The van der Waals surface area contributed by atoms with Gasteiger partial charge in [0.05, 0.1) is 6.61 Å². The van der Waals surface area contributed by atoms with Crippen LogP contribution in [0.4, 0.5) is 20.5 Å². The van der Waals surface area contributed by atoms with E-state index in [-0.39, 0.29) is 22.8 Å². The van der Waals surface area contributed by atoms with Crippen LogP contribution in [0.1, 0.15) is 17.4 Å². The van der Waals surface area contributed by atoms with E-state index in [1.807, 2.05) is 0 Å². The van der Waals surface area contributed by atoms with E-state index in [0.717, 1.165) is 18.4 Å². The summed E-state index contributed by atoms with van der Waals surface area (Å²) in [6.07, 6.45) is 1.04. The predicted octanol–water partition coefficient (Wildman–Crippen LogP) is 3.64. The molecule has 1 heterocycles. The van der Waals surface area contributed by atoms with Crippen molar-refractivity contribution in [3.63, 3.8) is 0 Å². The first kappa shape index (κ1) is 14.4. The van der Waals surface area contributed by atoms with Crippen molar-refractivity contribution in [1.29, 1.82) is 0 Å². The van der Waals surface area contributed by atoms with Crippen molar-refractivity contribution in [3.05, 3.63) is 40.2 Å². The van der Waals surface area contributed by atoms with Gasteiger partial charge in [0.25, 0.3) is 6.01 Å². The molecular formula is C12H9BrF2N2O3. The number of nitrogens with one attached hydrogen (secondary N) is 1. The maximum absolute atomic E-state index is 13.6. The molecule has 106 valence electrons. The molecule has 2 aromatic rings. The van der Waals surface area contributed by atoms with Crippen LogP contribution in [-0.4, -0.2) is 17.6 Å². The first-order valence-corrected chi connectivity index (χ1v) is 6.34. The molecule has 1 aromatic carbocycles. The molecule has 0 atom stereocenters. The van der Waals surface area contributed by atoms with Crippen LogP contribution in [0, 0.1) is 11.6 Å². The fourth-order valence-corrected chi connectivity index (χ4v) is 1.80. The van der Waals surface area contributed by atoms with Crippen molar-refractivity contribution < 1.29 is 22.7 Å². The number of rotatable bonds is 4. The summed E-state index contributed by atoms with van der Waals surface area (Å²) in [5.74, 6) is -2.33. The van der Waals surface area contributed by atoms with Gasteiger partial charge in [-0.2, -0.15) is 4.98 Å². The van der Waals surface area contributed by atoms with Gasteiger partial charge in [0.1, 0.15) is 12.0 Å². The number of ether oxygens (including phenoxy) is 1. The van der Waals surface area contributed by atoms with Crippen LogP contribution in [0.25, 0.3) is 0 Å². The van der Waals surface area contributed by atoms with Crippen molar-refractivity contribution in [3.8, 4) is 0 Å². The monoisotopic (exact) mass is 346 g/mol. The smallest absolute Gasteiger partial charge is 0.360 e. The number of oxazole rings is 1. The van der Waals surface area contributed by atoms with E-state index in [9.17, 15) is 13.6 Å². The van der Waals surface area contributed by atoms with Gasteiger partial charge >= 0.3 is 5.97 Å². The lowest BCUT2D eigenvalue weighted by Gasteiger charge is -2.05. The third-order valence-electron chi connectivity index (χ3n) is 2.23. The lowest BCUT2D eigenvalue weighted by atomic mass is 10.3. The van der Waals surface area contributed by atoms with Crippen molar-refractivity contribution in [1.82, 2.24) is 4.98 Å². The minimum Gasteiger partial charge on any atom is -0.461 e. The van der Waals surface area contributed by atoms with Crippen LogP contribution < -0.4 is 5.32 Å². The molecule has 0 aliphatic heterocycles. The number of carbonyl (C=O) groups excluding carboxylic acids is 1.